The molecule has 0 bridgehead atoms. The average Bonchev–Trinajstić information content (AvgIpc) is 2.78. The highest BCUT2D eigenvalue weighted by Gasteiger charge is 2.19. The summed E-state index contributed by atoms with van der Waals surface area (Å²) in [6.07, 6.45) is 5.88. The molecule has 2 atom stereocenters. The molecule has 102 valence electrons. The van der Waals surface area contributed by atoms with E-state index in [1.807, 2.05) is 0 Å². The summed E-state index contributed by atoms with van der Waals surface area (Å²) in [4.78, 5) is 0. The quantitative estimate of drug-likeness (QED) is 0.887. The number of nitrogens with two attached hydrogens (primary N) is 1. The molecular formula is C16H23N3. The van der Waals surface area contributed by atoms with Crippen molar-refractivity contribution in [3.63, 3.8) is 0 Å². The van der Waals surface area contributed by atoms with Crippen LogP contribution in [0.15, 0.2) is 30.5 Å². The minimum Gasteiger partial charge on any atom is -0.350 e. The zero-order valence-corrected chi connectivity index (χ0v) is 11.6. The van der Waals surface area contributed by atoms with Crippen LogP contribution in [0.2, 0.25) is 0 Å². The Bertz CT molecular complexity index is 552. The SMILES string of the molecule is Cn1cc(C(N)CC2CCCNC2)c2ccccc21. The molecule has 3 rings (SSSR count). The van der Waals surface area contributed by atoms with E-state index in [-0.39, 0.29) is 6.04 Å². The van der Waals surface area contributed by atoms with Gasteiger partial charge in [0.2, 0.25) is 0 Å². The largest absolute Gasteiger partial charge is 0.350 e. The molecule has 19 heavy (non-hydrogen) atoms. The van der Waals surface area contributed by atoms with Crippen LogP contribution >= 0.6 is 0 Å². The van der Waals surface area contributed by atoms with Gasteiger partial charge in [-0.25, -0.2) is 0 Å². The van der Waals surface area contributed by atoms with Gasteiger partial charge < -0.3 is 15.6 Å². The summed E-state index contributed by atoms with van der Waals surface area (Å²) in [7, 11) is 2.10. The van der Waals surface area contributed by atoms with Crippen LogP contribution in [0, 0.1) is 5.92 Å². The Kier molecular flexibility index (Phi) is 3.58. The summed E-state index contributed by atoms with van der Waals surface area (Å²) in [6, 6.07) is 8.68. The van der Waals surface area contributed by atoms with Crippen molar-refractivity contribution in [3.05, 3.63) is 36.0 Å². The maximum Gasteiger partial charge on any atom is 0.0481 e. The topological polar surface area (TPSA) is 43.0 Å². The van der Waals surface area contributed by atoms with Crippen molar-refractivity contribution in [2.45, 2.75) is 25.3 Å². The van der Waals surface area contributed by atoms with Gasteiger partial charge in [0.15, 0.2) is 0 Å². The number of benzene rings is 1. The Morgan fingerprint density at radius 1 is 1.42 bits per heavy atom. The van der Waals surface area contributed by atoms with E-state index in [1.165, 1.54) is 35.9 Å². The Balaban J connectivity index is 1.82. The molecule has 0 amide bonds. The lowest BCUT2D eigenvalue weighted by Crippen LogP contribution is -2.31. The summed E-state index contributed by atoms with van der Waals surface area (Å²) in [6.45, 7) is 2.29. The normalized spacial score (nSPS) is 21.7. The van der Waals surface area contributed by atoms with Gasteiger partial charge in [0.05, 0.1) is 0 Å². The van der Waals surface area contributed by atoms with Crippen LogP contribution in [0.25, 0.3) is 10.9 Å². The van der Waals surface area contributed by atoms with Crippen LogP contribution in [0.5, 0.6) is 0 Å². The van der Waals surface area contributed by atoms with Crippen molar-refractivity contribution in [3.8, 4) is 0 Å². The van der Waals surface area contributed by atoms with Gasteiger partial charge in [-0.1, -0.05) is 18.2 Å². The van der Waals surface area contributed by atoms with Crippen molar-refractivity contribution in [2.75, 3.05) is 13.1 Å². The van der Waals surface area contributed by atoms with Crippen LogP contribution in [-0.4, -0.2) is 17.7 Å². The number of nitrogens with zero attached hydrogens (tertiary/aromatic N) is 1. The first kappa shape index (κ1) is 12.7. The van der Waals surface area contributed by atoms with Crippen LogP contribution in [0.3, 0.4) is 0 Å². The Morgan fingerprint density at radius 3 is 3.05 bits per heavy atom. The van der Waals surface area contributed by atoms with Crippen molar-refractivity contribution in [1.29, 1.82) is 0 Å². The van der Waals surface area contributed by atoms with Gasteiger partial charge in [-0.2, -0.15) is 0 Å². The molecule has 0 aliphatic carbocycles. The third-order valence-corrected chi connectivity index (χ3v) is 4.31. The second kappa shape index (κ2) is 5.35. The van der Waals surface area contributed by atoms with Gasteiger partial charge in [-0.3, -0.25) is 0 Å². The highest BCUT2D eigenvalue weighted by Crippen LogP contribution is 2.29. The summed E-state index contributed by atoms with van der Waals surface area (Å²) in [5.41, 5.74) is 9.03. The van der Waals surface area contributed by atoms with Crippen molar-refractivity contribution in [2.24, 2.45) is 18.7 Å². The molecular weight excluding hydrogens is 234 g/mol. The van der Waals surface area contributed by atoms with Gasteiger partial charge in [0, 0.05) is 30.2 Å². The lowest BCUT2D eigenvalue weighted by atomic mass is 9.90. The fraction of sp³-hybridized carbons (Fsp3) is 0.500. The fourth-order valence-electron chi connectivity index (χ4n) is 3.28. The maximum absolute atomic E-state index is 6.46. The monoisotopic (exact) mass is 257 g/mol. The van der Waals surface area contributed by atoms with E-state index >= 15 is 0 Å². The van der Waals surface area contributed by atoms with Crippen LogP contribution < -0.4 is 11.1 Å². The lowest BCUT2D eigenvalue weighted by Gasteiger charge is -2.25. The number of fused-ring (bicyclic) bond motifs is 1. The third kappa shape index (κ3) is 2.53. The summed E-state index contributed by atoms with van der Waals surface area (Å²) < 4.78 is 2.18. The Morgan fingerprint density at radius 2 is 2.26 bits per heavy atom. The molecule has 1 aromatic carbocycles. The van der Waals surface area contributed by atoms with Crippen LogP contribution in [0.4, 0.5) is 0 Å². The minimum absolute atomic E-state index is 0.149. The number of hydrogen-bond donors (Lipinski definition) is 2. The van der Waals surface area contributed by atoms with E-state index in [0.29, 0.717) is 0 Å². The Labute approximate surface area is 114 Å². The van der Waals surface area contributed by atoms with Crippen LogP contribution in [-0.2, 0) is 7.05 Å². The smallest absolute Gasteiger partial charge is 0.0481 e. The molecule has 0 radical (unpaired) electrons. The summed E-state index contributed by atoms with van der Waals surface area (Å²) in [5.74, 6) is 0.725. The number of rotatable bonds is 3. The highest BCUT2D eigenvalue weighted by molar-refractivity contribution is 5.84. The molecule has 3 heteroatoms. The van der Waals surface area contributed by atoms with Gasteiger partial charge >= 0.3 is 0 Å². The number of aromatic nitrogens is 1. The van der Waals surface area contributed by atoms with Gasteiger partial charge in [0.25, 0.3) is 0 Å². The van der Waals surface area contributed by atoms with E-state index in [2.05, 4.69) is 47.4 Å². The average molecular weight is 257 g/mol. The molecule has 0 saturated carbocycles. The first-order valence-electron chi connectivity index (χ1n) is 7.26. The molecule has 1 fully saturated rings. The second-order valence-electron chi connectivity index (χ2n) is 5.77. The predicted molar refractivity (Wildman–Crippen MR) is 80.1 cm³/mol. The van der Waals surface area contributed by atoms with E-state index in [0.717, 1.165) is 18.9 Å². The van der Waals surface area contributed by atoms with Crippen molar-refractivity contribution < 1.29 is 0 Å². The molecule has 3 nitrogen and oxygen atoms in total. The van der Waals surface area contributed by atoms with Crippen molar-refractivity contribution >= 4 is 10.9 Å². The number of nitrogens with one attached hydrogen (secondary N) is 1. The molecule has 3 N–H and O–H groups in total. The van der Waals surface area contributed by atoms with Crippen molar-refractivity contribution in [1.82, 2.24) is 9.88 Å². The van der Waals surface area contributed by atoms with Gasteiger partial charge in [-0.15, -0.1) is 0 Å². The van der Waals surface area contributed by atoms with Gasteiger partial charge in [0.1, 0.15) is 0 Å². The molecule has 1 saturated heterocycles. The highest BCUT2D eigenvalue weighted by atomic mass is 14.9. The molecule has 2 heterocycles. The zero-order chi connectivity index (χ0) is 13.2. The number of para-hydroxylation sites is 1. The summed E-state index contributed by atoms with van der Waals surface area (Å²) >= 11 is 0. The molecule has 2 unspecified atom stereocenters. The maximum atomic E-state index is 6.46. The number of piperidine rings is 1. The van der Waals surface area contributed by atoms with Crippen LogP contribution in [0.1, 0.15) is 30.9 Å². The first-order chi connectivity index (χ1) is 9.25. The fourth-order valence-corrected chi connectivity index (χ4v) is 3.28. The van der Waals surface area contributed by atoms with E-state index in [4.69, 9.17) is 5.73 Å². The molecule has 2 aromatic rings. The zero-order valence-electron chi connectivity index (χ0n) is 11.6. The predicted octanol–water partition coefficient (Wildman–Crippen LogP) is 2.57. The third-order valence-electron chi connectivity index (χ3n) is 4.31. The summed E-state index contributed by atoms with van der Waals surface area (Å²) in [5, 5.41) is 4.78. The molecule has 1 aromatic heterocycles. The lowest BCUT2D eigenvalue weighted by molar-refractivity contribution is 0.337. The standard InChI is InChI=1S/C16H23N3/c1-19-11-14(13-6-2-3-7-16(13)19)15(17)9-12-5-4-8-18-10-12/h2-3,6-7,11-12,15,18H,4-5,8-10,17H2,1H3. The van der Waals surface area contributed by atoms with Gasteiger partial charge in [-0.05, 0) is 49.9 Å². The molecule has 0 spiro atoms. The minimum atomic E-state index is 0.149. The molecule has 1 aliphatic heterocycles. The number of aryl methyl sites for hydroxylation is 1. The first-order valence-corrected chi connectivity index (χ1v) is 7.26. The number of hydrogen-bond acceptors (Lipinski definition) is 2. The Hall–Kier alpha value is -1.32. The van der Waals surface area contributed by atoms with E-state index in [9.17, 15) is 0 Å². The second-order valence-corrected chi connectivity index (χ2v) is 5.77. The molecule has 1 aliphatic rings. The van der Waals surface area contributed by atoms with E-state index < -0.39 is 0 Å². The van der Waals surface area contributed by atoms with E-state index in [1.54, 1.807) is 0 Å².